The van der Waals surface area contributed by atoms with E-state index in [0.29, 0.717) is 31.9 Å². The zero-order chi connectivity index (χ0) is 16.9. The van der Waals surface area contributed by atoms with E-state index in [2.05, 4.69) is 5.32 Å². The van der Waals surface area contributed by atoms with E-state index < -0.39 is 0 Å². The maximum Gasteiger partial charge on any atom is 0.320 e. The molecule has 0 unspecified atom stereocenters. The van der Waals surface area contributed by atoms with Gasteiger partial charge in [-0.1, -0.05) is 24.3 Å². The lowest BCUT2D eigenvalue weighted by Gasteiger charge is -2.19. The molecule has 3 rings (SSSR count). The SMILES string of the molecule is Cc1ccccc1CN1CCN(CC(=O)NCc2ccco2)C1=O. The van der Waals surface area contributed by atoms with Crippen LogP contribution in [0.15, 0.2) is 47.1 Å². The number of hydrogen-bond donors (Lipinski definition) is 1. The van der Waals surface area contributed by atoms with Crippen molar-refractivity contribution in [2.45, 2.75) is 20.0 Å². The summed E-state index contributed by atoms with van der Waals surface area (Å²) in [6.07, 6.45) is 1.56. The Morgan fingerprint density at radius 3 is 2.71 bits per heavy atom. The Morgan fingerprint density at radius 2 is 1.96 bits per heavy atom. The van der Waals surface area contributed by atoms with Crippen molar-refractivity contribution in [2.24, 2.45) is 0 Å². The standard InChI is InChI=1S/C18H21N3O3/c1-14-5-2-3-6-15(14)12-20-8-9-21(18(20)23)13-17(22)19-11-16-7-4-10-24-16/h2-7,10H,8-9,11-13H2,1H3,(H,19,22). The fraction of sp³-hybridized carbons (Fsp3) is 0.333. The van der Waals surface area contributed by atoms with Crippen LogP contribution < -0.4 is 5.32 Å². The van der Waals surface area contributed by atoms with E-state index in [1.807, 2.05) is 31.2 Å². The maximum atomic E-state index is 12.4. The minimum Gasteiger partial charge on any atom is -0.467 e. The van der Waals surface area contributed by atoms with Gasteiger partial charge in [0.1, 0.15) is 12.3 Å². The van der Waals surface area contributed by atoms with Gasteiger partial charge in [0.05, 0.1) is 12.8 Å². The Bertz CT molecular complexity index is 712. The van der Waals surface area contributed by atoms with E-state index in [-0.39, 0.29) is 18.5 Å². The molecule has 2 aromatic rings. The van der Waals surface area contributed by atoms with Gasteiger partial charge in [0.2, 0.25) is 5.91 Å². The van der Waals surface area contributed by atoms with Gasteiger partial charge in [-0.05, 0) is 30.2 Å². The quantitative estimate of drug-likeness (QED) is 0.884. The number of amides is 3. The summed E-state index contributed by atoms with van der Waals surface area (Å²) in [6.45, 7) is 4.23. The van der Waals surface area contributed by atoms with Crippen molar-refractivity contribution in [3.8, 4) is 0 Å². The number of aryl methyl sites for hydroxylation is 1. The smallest absolute Gasteiger partial charge is 0.320 e. The van der Waals surface area contributed by atoms with Crippen LogP contribution in [-0.2, 0) is 17.9 Å². The molecule has 1 saturated heterocycles. The Morgan fingerprint density at radius 1 is 1.17 bits per heavy atom. The van der Waals surface area contributed by atoms with Crippen LogP contribution in [0.4, 0.5) is 4.79 Å². The van der Waals surface area contributed by atoms with Crippen LogP contribution in [0.3, 0.4) is 0 Å². The Labute approximate surface area is 141 Å². The van der Waals surface area contributed by atoms with Crippen molar-refractivity contribution < 1.29 is 14.0 Å². The van der Waals surface area contributed by atoms with Crippen LogP contribution in [-0.4, -0.2) is 41.4 Å². The van der Waals surface area contributed by atoms with Crippen LogP contribution in [0.5, 0.6) is 0 Å². The van der Waals surface area contributed by atoms with Gasteiger partial charge in [-0.15, -0.1) is 0 Å². The van der Waals surface area contributed by atoms with Crippen molar-refractivity contribution in [3.05, 3.63) is 59.5 Å². The predicted molar refractivity (Wildman–Crippen MR) is 89.1 cm³/mol. The molecule has 6 heteroatoms. The molecule has 1 aliphatic rings. The number of rotatable bonds is 6. The molecule has 0 saturated carbocycles. The van der Waals surface area contributed by atoms with E-state index in [1.54, 1.807) is 28.2 Å². The summed E-state index contributed by atoms with van der Waals surface area (Å²) in [6, 6.07) is 11.5. The van der Waals surface area contributed by atoms with Crippen molar-refractivity contribution in [3.63, 3.8) is 0 Å². The minimum absolute atomic E-state index is 0.0732. The van der Waals surface area contributed by atoms with Gasteiger partial charge in [0, 0.05) is 19.6 Å². The first-order valence-corrected chi connectivity index (χ1v) is 8.01. The third-order valence-corrected chi connectivity index (χ3v) is 4.18. The van der Waals surface area contributed by atoms with Crippen molar-refractivity contribution in [1.82, 2.24) is 15.1 Å². The van der Waals surface area contributed by atoms with E-state index in [1.165, 1.54) is 5.56 Å². The highest BCUT2D eigenvalue weighted by atomic mass is 16.3. The number of nitrogens with one attached hydrogen (secondary N) is 1. The molecule has 126 valence electrons. The summed E-state index contributed by atoms with van der Waals surface area (Å²) in [5, 5.41) is 2.76. The Hall–Kier alpha value is -2.76. The highest BCUT2D eigenvalue weighted by Crippen LogP contribution is 2.15. The number of carbonyl (C=O) groups is 2. The van der Waals surface area contributed by atoms with Crippen LogP contribution in [0.1, 0.15) is 16.9 Å². The van der Waals surface area contributed by atoms with E-state index in [4.69, 9.17) is 4.42 Å². The lowest BCUT2D eigenvalue weighted by Crippen LogP contribution is -2.39. The average Bonchev–Trinajstić information content (AvgIpc) is 3.20. The number of urea groups is 1. The van der Waals surface area contributed by atoms with Crippen molar-refractivity contribution in [2.75, 3.05) is 19.6 Å². The molecule has 1 fully saturated rings. The molecule has 0 radical (unpaired) electrons. The summed E-state index contributed by atoms with van der Waals surface area (Å²) in [5.74, 6) is 0.509. The Balaban J connectivity index is 1.50. The number of benzene rings is 1. The average molecular weight is 327 g/mol. The predicted octanol–water partition coefficient (Wildman–Crippen LogP) is 2.14. The van der Waals surface area contributed by atoms with Gasteiger partial charge in [0.15, 0.2) is 0 Å². The maximum absolute atomic E-state index is 12.4. The first-order chi connectivity index (χ1) is 11.6. The van der Waals surface area contributed by atoms with Gasteiger partial charge in [-0.3, -0.25) is 4.79 Å². The second-order valence-electron chi connectivity index (χ2n) is 5.91. The van der Waals surface area contributed by atoms with E-state index in [9.17, 15) is 9.59 Å². The number of hydrogen-bond acceptors (Lipinski definition) is 3. The molecule has 6 nitrogen and oxygen atoms in total. The molecule has 3 amide bonds. The van der Waals surface area contributed by atoms with Crippen LogP contribution in [0, 0.1) is 6.92 Å². The Kier molecular flexibility index (Phi) is 4.84. The molecule has 1 aliphatic heterocycles. The fourth-order valence-corrected chi connectivity index (χ4v) is 2.75. The van der Waals surface area contributed by atoms with E-state index >= 15 is 0 Å². The summed E-state index contributed by atoms with van der Waals surface area (Å²) in [7, 11) is 0. The number of nitrogens with zero attached hydrogens (tertiary/aromatic N) is 2. The van der Waals surface area contributed by atoms with Crippen molar-refractivity contribution in [1.29, 1.82) is 0 Å². The minimum atomic E-state index is -0.183. The molecule has 0 spiro atoms. The molecular weight excluding hydrogens is 306 g/mol. The number of furan rings is 1. The van der Waals surface area contributed by atoms with E-state index in [0.717, 1.165) is 5.56 Å². The lowest BCUT2D eigenvalue weighted by atomic mass is 10.1. The first kappa shape index (κ1) is 16.1. The van der Waals surface area contributed by atoms with Gasteiger partial charge in [-0.25, -0.2) is 4.79 Å². The molecular formula is C18H21N3O3. The van der Waals surface area contributed by atoms with Gasteiger partial charge in [-0.2, -0.15) is 0 Å². The van der Waals surface area contributed by atoms with Gasteiger partial charge < -0.3 is 19.5 Å². The molecule has 1 N–H and O–H groups in total. The normalized spacial score (nSPS) is 14.3. The summed E-state index contributed by atoms with van der Waals surface area (Å²) >= 11 is 0. The summed E-state index contributed by atoms with van der Waals surface area (Å²) < 4.78 is 5.17. The largest absolute Gasteiger partial charge is 0.467 e. The second-order valence-corrected chi connectivity index (χ2v) is 5.91. The van der Waals surface area contributed by atoms with Crippen LogP contribution in [0.2, 0.25) is 0 Å². The monoisotopic (exact) mass is 327 g/mol. The molecule has 0 atom stereocenters. The second kappa shape index (κ2) is 7.21. The van der Waals surface area contributed by atoms with Gasteiger partial charge >= 0.3 is 6.03 Å². The fourth-order valence-electron chi connectivity index (χ4n) is 2.75. The topological polar surface area (TPSA) is 65.8 Å². The molecule has 1 aromatic carbocycles. The lowest BCUT2D eigenvalue weighted by molar-refractivity contribution is -0.121. The van der Waals surface area contributed by atoms with Crippen molar-refractivity contribution >= 4 is 11.9 Å². The molecule has 1 aromatic heterocycles. The molecule has 0 aliphatic carbocycles. The molecule has 0 bridgehead atoms. The summed E-state index contributed by atoms with van der Waals surface area (Å²) in [4.78, 5) is 27.8. The highest BCUT2D eigenvalue weighted by molar-refractivity contribution is 5.85. The third kappa shape index (κ3) is 3.76. The van der Waals surface area contributed by atoms with Gasteiger partial charge in [0.25, 0.3) is 0 Å². The third-order valence-electron chi connectivity index (χ3n) is 4.18. The highest BCUT2D eigenvalue weighted by Gasteiger charge is 2.29. The zero-order valence-electron chi connectivity index (χ0n) is 13.7. The molecule has 24 heavy (non-hydrogen) atoms. The van der Waals surface area contributed by atoms with Crippen LogP contribution >= 0.6 is 0 Å². The zero-order valence-corrected chi connectivity index (χ0v) is 13.7. The number of carbonyl (C=O) groups excluding carboxylic acids is 2. The first-order valence-electron chi connectivity index (χ1n) is 8.01. The molecule has 2 heterocycles. The van der Waals surface area contributed by atoms with Crippen LogP contribution in [0.25, 0.3) is 0 Å². The summed E-state index contributed by atoms with van der Waals surface area (Å²) in [5.41, 5.74) is 2.30.